The Labute approximate surface area is 130 Å². The van der Waals surface area contributed by atoms with E-state index in [1.807, 2.05) is 25.1 Å². The molecule has 4 nitrogen and oxygen atoms in total. The van der Waals surface area contributed by atoms with Gasteiger partial charge in [0.2, 0.25) is 0 Å². The third kappa shape index (κ3) is 3.49. The van der Waals surface area contributed by atoms with Crippen LogP contribution >= 0.6 is 27.5 Å². The second kappa shape index (κ2) is 6.24. The van der Waals surface area contributed by atoms with E-state index in [2.05, 4.69) is 31.5 Å². The van der Waals surface area contributed by atoms with Crippen LogP contribution in [0, 0.1) is 6.92 Å². The van der Waals surface area contributed by atoms with Gasteiger partial charge >= 0.3 is 0 Å². The van der Waals surface area contributed by atoms with Gasteiger partial charge in [-0.2, -0.15) is 0 Å². The third-order valence-electron chi connectivity index (χ3n) is 2.75. The Morgan fingerprint density at radius 2 is 2.05 bits per heavy atom. The molecule has 0 spiro atoms. The van der Waals surface area contributed by atoms with Crippen LogP contribution in [0.2, 0.25) is 5.15 Å². The SMILES string of the molecule is CNc1cc(C(=O)Nc2ccc(Br)cc2C)cc(Cl)n1. The zero-order valence-corrected chi connectivity index (χ0v) is 13.3. The molecule has 0 aliphatic rings. The number of anilines is 2. The van der Waals surface area contributed by atoms with E-state index in [-0.39, 0.29) is 11.1 Å². The van der Waals surface area contributed by atoms with Gasteiger partial charge in [0.1, 0.15) is 11.0 Å². The van der Waals surface area contributed by atoms with Crippen LogP contribution in [0.25, 0.3) is 0 Å². The molecule has 2 N–H and O–H groups in total. The molecule has 20 heavy (non-hydrogen) atoms. The van der Waals surface area contributed by atoms with Crippen LogP contribution in [0.3, 0.4) is 0 Å². The number of benzene rings is 1. The average molecular weight is 355 g/mol. The lowest BCUT2D eigenvalue weighted by atomic mass is 10.2. The zero-order chi connectivity index (χ0) is 14.7. The second-order valence-corrected chi connectivity index (χ2v) is 5.53. The van der Waals surface area contributed by atoms with Crippen molar-refractivity contribution in [1.29, 1.82) is 0 Å². The van der Waals surface area contributed by atoms with Gasteiger partial charge in [0.15, 0.2) is 0 Å². The highest BCUT2D eigenvalue weighted by Gasteiger charge is 2.10. The lowest BCUT2D eigenvalue weighted by Crippen LogP contribution is -2.13. The molecular formula is C14H13BrClN3O. The Morgan fingerprint density at radius 3 is 2.70 bits per heavy atom. The van der Waals surface area contributed by atoms with E-state index in [0.29, 0.717) is 11.4 Å². The number of pyridine rings is 1. The molecule has 1 heterocycles. The lowest BCUT2D eigenvalue weighted by molar-refractivity contribution is 0.102. The lowest BCUT2D eigenvalue weighted by Gasteiger charge is -2.10. The summed E-state index contributed by atoms with van der Waals surface area (Å²) in [6.07, 6.45) is 0. The van der Waals surface area contributed by atoms with Gasteiger partial charge in [0.05, 0.1) is 0 Å². The van der Waals surface area contributed by atoms with Crippen molar-refractivity contribution < 1.29 is 4.79 Å². The summed E-state index contributed by atoms with van der Waals surface area (Å²) in [4.78, 5) is 16.3. The number of aromatic nitrogens is 1. The minimum atomic E-state index is -0.226. The smallest absolute Gasteiger partial charge is 0.255 e. The molecule has 2 aromatic rings. The maximum atomic E-state index is 12.2. The minimum absolute atomic E-state index is 0.226. The molecular weight excluding hydrogens is 342 g/mol. The van der Waals surface area contributed by atoms with Crippen molar-refractivity contribution >= 4 is 44.9 Å². The summed E-state index contributed by atoms with van der Waals surface area (Å²) in [5, 5.41) is 6.00. The Balaban J connectivity index is 2.26. The van der Waals surface area contributed by atoms with Crippen LogP contribution in [-0.2, 0) is 0 Å². The van der Waals surface area contributed by atoms with Crippen molar-refractivity contribution in [3.05, 3.63) is 51.1 Å². The van der Waals surface area contributed by atoms with Gasteiger partial charge in [-0.3, -0.25) is 4.79 Å². The van der Waals surface area contributed by atoms with Gasteiger partial charge in [0.25, 0.3) is 5.91 Å². The van der Waals surface area contributed by atoms with Crippen molar-refractivity contribution in [3.63, 3.8) is 0 Å². The van der Waals surface area contributed by atoms with Gasteiger partial charge in [-0.25, -0.2) is 4.98 Å². The molecule has 6 heteroatoms. The highest BCUT2D eigenvalue weighted by molar-refractivity contribution is 9.10. The number of hydrogen-bond donors (Lipinski definition) is 2. The van der Waals surface area contributed by atoms with Gasteiger partial charge in [0, 0.05) is 22.8 Å². The minimum Gasteiger partial charge on any atom is -0.373 e. The number of hydrogen-bond acceptors (Lipinski definition) is 3. The van der Waals surface area contributed by atoms with E-state index in [4.69, 9.17) is 11.6 Å². The van der Waals surface area contributed by atoms with E-state index >= 15 is 0 Å². The largest absolute Gasteiger partial charge is 0.373 e. The first-order chi connectivity index (χ1) is 9.49. The first kappa shape index (κ1) is 14.8. The fraction of sp³-hybridized carbons (Fsp3) is 0.143. The quantitative estimate of drug-likeness (QED) is 0.816. The summed E-state index contributed by atoms with van der Waals surface area (Å²) in [7, 11) is 1.72. The molecule has 0 radical (unpaired) electrons. The van der Waals surface area contributed by atoms with Gasteiger partial charge in [-0.05, 0) is 42.8 Å². The number of carbonyl (C=O) groups is 1. The van der Waals surface area contributed by atoms with E-state index < -0.39 is 0 Å². The normalized spacial score (nSPS) is 10.2. The molecule has 0 fully saturated rings. The molecule has 0 bridgehead atoms. The fourth-order valence-electron chi connectivity index (χ4n) is 1.72. The highest BCUT2D eigenvalue weighted by atomic mass is 79.9. The monoisotopic (exact) mass is 353 g/mol. The maximum Gasteiger partial charge on any atom is 0.255 e. The molecule has 104 valence electrons. The van der Waals surface area contributed by atoms with Crippen LogP contribution in [0.5, 0.6) is 0 Å². The number of nitrogens with one attached hydrogen (secondary N) is 2. The van der Waals surface area contributed by atoms with Crippen molar-refractivity contribution in [2.24, 2.45) is 0 Å². The molecule has 2 rings (SSSR count). The molecule has 0 aliphatic carbocycles. The van der Waals surface area contributed by atoms with Crippen LogP contribution in [0.1, 0.15) is 15.9 Å². The maximum absolute atomic E-state index is 12.2. The fourth-order valence-corrected chi connectivity index (χ4v) is 2.40. The standard InChI is InChI=1S/C14H13BrClN3O/c1-8-5-10(15)3-4-11(8)18-14(20)9-6-12(16)19-13(7-9)17-2/h3-7H,1-2H3,(H,17,19)(H,18,20). The summed E-state index contributed by atoms with van der Waals surface area (Å²) in [5.41, 5.74) is 2.19. The predicted molar refractivity (Wildman–Crippen MR) is 85.6 cm³/mol. The summed E-state index contributed by atoms with van der Waals surface area (Å²) in [5.74, 6) is 0.325. The highest BCUT2D eigenvalue weighted by Crippen LogP contribution is 2.21. The Morgan fingerprint density at radius 1 is 1.30 bits per heavy atom. The molecule has 1 aromatic carbocycles. The summed E-state index contributed by atoms with van der Waals surface area (Å²) in [6, 6.07) is 8.84. The number of halogens is 2. The van der Waals surface area contributed by atoms with Crippen LogP contribution in [-0.4, -0.2) is 17.9 Å². The third-order valence-corrected chi connectivity index (χ3v) is 3.44. The van der Waals surface area contributed by atoms with Crippen molar-refractivity contribution in [1.82, 2.24) is 4.98 Å². The topological polar surface area (TPSA) is 54.0 Å². The van der Waals surface area contributed by atoms with Crippen molar-refractivity contribution in [3.8, 4) is 0 Å². The van der Waals surface area contributed by atoms with Crippen LogP contribution in [0.15, 0.2) is 34.8 Å². The Bertz CT molecular complexity index is 661. The predicted octanol–water partition coefficient (Wildman–Crippen LogP) is 4.10. The van der Waals surface area contributed by atoms with Gasteiger partial charge < -0.3 is 10.6 Å². The average Bonchev–Trinajstić information content (AvgIpc) is 2.41. The van der Waals surface area contributed by atoms with E-state index in [1.54, 1.807) is 13.1 Å². The molecule has 1 aromatic heterocycles. The Kier molecular flexibility index (Phi) is 4.62. The molecule has 0 aliphatic heterocycles. The number of aryl methyl sites for hydroxylation is 1. The van der Waals surface area contributed by atoms with Crippen LogP contribution in [0.4, 0.5) is 11.5 Å². The summed E-state index contributed by atoms with van der Waals surface area (Å²) >= 11 is 9.28. The van der Waals surface area contributed by atoms with E-state index in [0.717, 1.165) is 15.7 Å². The molecule has 1 amide bonds. The molecule has 0 saturated carbocycles. The molecule has 0 unspecified atom stereocenters. The van der Waals surface area contributed by atoms with Crippen LogP contribution < -0.4 is 10.6 Å². The molecule has 0 saturated heterocycles. The zero-order valence-electron chi connectivity index (χ0n) is 11.0. The number of rotatable bonds is 3. The van der Waals surface area contributed by atoms with Gasteiger partial charge in [-0.1, -0.05) is 27.5 Å². The molecule has 0 atom stereocenters. The van der Waals surface area contributed by atoms with Crippen molar-refractivity contribution in [2.75, 3.05) is 17.7 Å². The summed E-state index contributed by atoms with van der Waals surface area (Å²) < 4.78 is 0.970. The van der Waals surface area contributed by atoms with Crippen molar-refractivity contribution in [2.45, 2.75) is 6.92 Å². The van der Waals surface area contributed by atoms with E-state index in [1.165, 1.54) is 6.07 Å². The Hall–Kier alpha value is -1.59. The van der Waals surface area contributed by atoms with E-state index in [9.17, 15) is 4.79 Å². The second-order valence-electron chi connectivity index (χ2n) is 4.23. The number of amides is 1. The first-order valence-corrected chi connectivity index (χ1v) is 7.09. The van der Waals surface area contributed by atoms with Gasteiger partial charge in [-0.15, -0.1) is 0 Å². The summed E-state index contributed by atoms with van der Waals surface area (Å²) in [6.45, 7) is 1.93. The first-order valence-electron chi connectivity index (χ1n) is 5.92. The number of nitrogens with zero attached hydrogens (tertiary/aromatic N) is 1. The number of carbonyl (C=O) groups excluding carboxylic acids is 1.